The van der Waals surface area contributed by atoms with Crippen LogP contribution in [0.1, 0.15) is 29.9 Å². The van der Waals surface area contributed by atoms with Crippen molar-refractivity contribution in [2.45, 2.75) is 20.4 Å². The first-order valence-electron chi connectivity index (χ1n) is 9.98. The maximum Gasteiger partial charge on any atom is 0.358 e. The molecule has 0 bridgehead atoms. The number of carbonyl (C=O) groups is 1. The highest BCUT2D eigenvalue weighted by Gasteiger charge is 2.18. The first kappa shape index (κ1) is 19.7. The van der Waals surface area contributed by atoms with Crippen LogP contribution in [0.25, 0.3) is 22.2 Å². The topological polar surface area (TPSA) is 71.2 Å². The minimum Gasteiger partial charge on any atom is -0.494 e. The number of esters is 1. The van der Waals surface area contributed by atoms with Gasteiger partial charge in [-0.05, 0) is 32.0 Å². The van der Waals surface area contributed by atoms with E-state index in [0.717, 1.165) is 33.5 Å². The molecular formula is C23H24N4O3. The average molecular weight is 404 g/mol. The molecule has 0 aliphatic carbocycles. The predicted octanol–water partition coefficient (Wildman–Crippen LogP) is 4.06. The van der Waals surface area contributed by atoms with E-state index in [2.05, 4.69) is 16.3 Å². The summed E-state index contributed by atoms with van der Waals surface area (Å²) in [5.41, 5.74) is 4.05. The van der Waals surface area contributed by atoms with Crippen molar-refractivity contribution >= 4 is 16.9 Å². The molecule has 2 aromatic carbocycles. The van der Waals surface area contributed by atoms with Crippen LogP contribution in [0.3, 0.4) is 0 Å². The number of hydrogen-bond donors (Lipinski definition) is 0. The smallest absolute Gasteiger partial charge is 0.358 e. The van der Waals surface area contributed by atoms with E-state index in [-0.39, 0.29) is 5.69 Å². The molecule has 0 spiro atoms. The lowest BCUT2D eigenvalue weighted by Crippen LogP contribution is -2.09. The summed E-state index contributed by atoms with van der Waals surface area (Å²) in [6.07, 6.45) is 1.83. The van der Waals surface area contributed by atoms with Gasteiger partial charge in [0, 0.05) is 23.6 Å². The van der Waals surface area contributed by atoms with Gasteiger partial charge in [-0.2, -0.15) is 10.2 Å². The van der Waals surface area contributed by atoms with Crippen LogP contribution < -0.4 is 4.74 Å². The Balaban J connectivity index is 1.80. The summed E-state index contributed by atoms with van der Waals surface area (Å²) in [4.78, 5) is 12.4. The molecule has 0 aliphatic heterocycles. The van der Waals surface area contributed by atoms with Crippen molar-refractivity contribution in [3.05, 3.63) is 66.0 Å². The molecule has 0 aliphatic rings. The van der Waals surface area contributed by atoms with E-state index in [1.54, 1.807) is 13.0 Å². The molecule has 4 rings (SSSR count). The van der Waals surface area contributed by atoms with Crippen molar-refractivity contribution < 1.29 is 14.3 Å². The van der Waals surface area contributed by atoms with Crippen molar-refractivity contribution in [2.75, 3.05) is 13.2 Å². The molecule has 0 fully saturated rings. The molecule has 0 saturated carbocycles. The summed E-state index contributed by atoms with van der Waals surface area (Å²) in [6, 6.07) is 15.7. The molecule has 7 nitrogen and oxygen atoms in total. The highest BCUT2D eigenvalue weighted by molar-refractivity contribution is 5.90. The molecule has 0 radical (unpaired) electrons. The number of aromatic nitrogens is 4. The zero-order chi connectivity index (χ0) is 21.1. The molecule has 30 heavy (non-hydrogen) atoms. The Morgan fingerprint density at radius 1 is 1.07 bits per heavy atom. The van der Waals surface area contributed by atoms with E-state index in [9.17, 15) is 4.79 Å². The molecule has 0 amide bonds. The zero-order valence-corrected chi connectivity index (χ0v) is 17.3. The minimum absolute atomic E-state index is 0.283. The first-order valence-corrected chi connectivity index (χ1v) is 9.98. The van der Waals surface area contributed by atoms with Gasteiger partial charge in [0.05, 0.1) is 37.2 Å². The number of aryl methyl sites for hydroxylation is 1. The summed E-state index contributed by atoms with van der Waals surface area (Å²) in [5.74, 6) is 0.374. The van der Waals surface area contributed by atoms with E-state index in [0.29, 0.717) is 19.8 Å². The maximum absolute atomic E-state index is 12.4. The van der Waals surface area contributed by atoms with Gasteiger partial charge in [-0.3, -0.25) is 9.36 Å². The quantitative estimate of drug-likeness (QED) is 0.435. The van der Waals surface area contributed by atoms with Crippen LogP contribution in [-0.2, 0) is 18.3 Å². The second kappa shape index (κ2) is 8.41. The van der Waals surface area contributed by atoms with Gasteiger partial charge in [-0.1, -0.05) is 30.3 Å². The van der Waals surface area contributed by atoms with Crippen molar-refractivity contribution in [1.82, 2.24) is 19.6 Å². The van der Waals surface area contributed by atoms with Crippen molar-refractivity contribution in [1.29, 1.82) is 0 Å². The average Bonchev–Trinajstić information content (AvgIpc) is 3.33. The maximum atomic E-state index is 12.4. The Hall–Kier alpha value is -3.61. The normalized spacial score (nSPS) is 11.0. The number of fused-ring (bicyclic) bond motifs is 1. The number of carbonyl (C=O) groups excluding carboxylic acids is 1. The Labute approximate surface area is 174 Å². The third-order valence-electron chi connectivity index (χ3n) is 4.90. The highest BCUT2D eigenvalue weighted by Crippen LogP contribution is 2.27. The van der Waals surface area contributed by atoms with E-state index >= 15 is 0 Å². The van der Waals surface area contributed by atoms with Gasteiger partial charge >= 0.3 is 5.97 Å². The third-order valence-corrected chi connectivity index (χ3v) is 4.90. The number of rotatable bonds is 7. The second-order valence-electron chi connectivity index (χ2n) is 6.88. The van der Waals surface area contributed by atoms with Crippen LogP contribution in [0.5, 0.6) is 5.75 Å². The van der Waals surface area contributed by atoms with Crippen molar-refractivity contribution in [3.8, 4) is 17.0 Å². The summed E-state index contributed by atoms with van der Waals surface area (Å²) in [7, 11) is 1.91. The zero-order valence-electron chi connectivity index (χ0n) is 17.3. The fraction of sp³-hybridized carbons (Fsp3) is 0.261. The summed E-state index contributed by atoms with van der Waals surface area (Å²) in [5, 5.41) is 9.93. The molecule has 0 N–H and O–H groups in total. The van der Waals surface area contributed by atoms with Gasteiger partial charge in [0.2, 0.25) is 0 Å². The van der Waals surface area contributed by atoms with E-state index in [4.69, 9.17) is 9.47 Å². The van der Waals surface area contributed by atoms with Crippen molar-refractivity contribution in [3.63, 3.8) is 0 Å². The van der Waals surface area contributed by atoms with Gasteiger partial charge in [0.15, 0.2) is 5.69 Å². The SMILES string of the molecule is CCOC(=O)c1cc(-c2ccc3cnn(C)c3c2)n(Cc2ccccc2OCC)n1. The largest absolute Gasteiger partial charge is 0.494 e. The summed E-state index contributed by atoms with van der Waals surface area (Å²) < 4.78 is 14.6. The molecule has 0 atom stereocenters. The Bertz CT molecular complexity index is 1190. The number of ether oxygens (including phenoxy) is 2. The van der Waals surface area contributed by atoms with Gasteiger partial charge in [0.1, 0.15) is 5.75 Å². The number of benzene rings is 2. The highest BCUT2D eigenvalue weighted by atomic mass is 16.5. The molecule has 4 aromatic rings. The van der Waals surface area contributed by atoms with Crippen LogP contribution in [0.4, 0.5) is 0 Å². The minimum atomic E-state index is -0.433. The standard InChI is InChI=1S/C23H24N4O3/c1-4-29-22-9-7-6-8-18(22)15-27-21(13-19(25-27)23(28)30-5-2)16-10-11-17-14-24-26(3)20(17)12-16/h6-14H,4-5,15H2,1-3H3. The summed E-state index contributed by atoms with van der Waals surface area (Å²) in [6.45, 7) is 5.08. The first-order chi connectivity index (χ1) is 14.6. The Kier molecular flexibility index (Phi) is 5.52. The van der Waals surface area contributed by atoms with Crippen LogP contribution in [0, 0.1) is 0 Å². The van der Waals surface area contributed by atoms with Crippen LogP contribution in [-0.4, -0.2) is 38.7 Å². The van der Waals surface area contributed by atoms with Crippen molar-refractivity contribution in [2.24, 2.45) is 7.05 Å². The van der Waals surface area contributed by atoms with Gasteiger partial charge < -0.3 is 9.47 Å². The van der Waals surface area contributed by atoms with Gasteiger partial charge in [-0.25, -0.2) is 4.79 Å². The molecule has 154 valence electrons. The predicted molar refractivity (Wildman–Crippen MR) is 115 cm³/mol. The van der Waals surface area contributed by atoms with E-state index in [1.807, 2.05) is 65.9 Å². The Morgan fingerprint density at radius 2 is 1.90 bits per heavy atom. The third kappa shape index (κ3) is 3.78. The fourth-order valence-corrected chi connectivity index (χ4v) is 3.47. The lowest BCUT2D eigenvalue weighted by atomic mass is 10.1. The van der Waals surface area contributed by atoms with E-state index < -0.39 is 5.97 Å². The number of nitrogens with zero attached hydrogens (tertiary/aromatic N) is 4. The molecule has 2 heterocycles. The fourth-order valence-electron chi connectivity index (χ4n) is 3.47. The monoisotopic (exact) mass is 404 g/mol. The van der Waals surface area contributed by atoms with Gasteiger partial charge in [0.25, 0.3) is 0 Å². The lowest BCUT2D eigenvalue weighted by molar-refractivity contribution is 0.0518. The number of para-hydroxylation sites is 1. The lowest BCUT2D eigenvalue weighted by Gasteiger charge is -2.12. The molecular weight excluding hydrogens is 380 g/mol. The van der Waals surface area contributed by atoms with Gasteiger partial charge in [-0.15, -0.1) is 0 Å². The summed E-state index contributed by atoms with van der Waals surface area (Å²) >= 11 is 0. The Morgan fingerprint density at radius 3 is 2.70 bits per heavy atom. The molecule has 7 heteroatoms. The molecule has 0 saturated heterocycles. The van der Waals surface area contributed by atoms with Crippen LogP contribution in [0.2, 0.25) is 0 Å². The molecule has 0 unspecified atom stereocenters. The second-order valence-corrected chi connectivity index (χ2v) is 6.88. The van der Waals surface area contributed by atoms with Crippen LogP contribution in [0.15, 0.2) is 54.7 Å². The molecule has 2 aromatic heterocycles. The van der Waals surface area contributed by atoms with E-state index in [1.165, 1.54) is 0 Å². The number of hydrogen-bond acceptors (Lipinski definition) is 5. The van der Waals surface area contributed by atoms with Crippen LogP contribution >= 0.6 is 0 Å².